The van der Waals surface area contributed by atoms with Crippen LogP contribution in [0.3, 0.4) is 0 Å². The Morgan fingerprint density at radius 1 is 1.11 bits per heavy atom. The summed E-state index contributed by atoms with van der Waals surface area (Å²) in [6.45, 7) is 2.15. The SMILES string of the molecule is CCOC(=O)c1cc[n+](Oc2ccccc2)cc1. The first kappa shape index (κ1) is 12.1. The fraction of sp³-hybridized carbons (Fsp3) is 0.143. The maximum Gasteiger partial charge on any atom is 0.338 e. The number of pyridine rings is 1. The topological polar surface area (TPSA) is 39.4 Å². The van der Waals surface area contributed by atoms with Crippen molar-refractivity contribution in [3.8, 4) is 5.75 Å². The second-order valence-electron chi connectivity index (χ2n) is 3.57. The maximum atomic E-state index is 11.4. The van der Waals surface area contributed by atoms with Crippen LogP contribution in [-0.2, 0) is 4.74 Å². The van der Waals surface area contributed by atoms with Gasteiger partial charge in [0.2, 0.25) is 18.1 Å². The Morgan fingerprint density at radius 3 is 2.39 bits per heavy atom. The van der Waals surface area contributed by atoms with E-state index in [1.165, 1.54) is 4.73 Å². The molecule has 1 heterocycles. The maximum absolute atomic E-state index is 11.4. The molecule has 0 aliphatic rings. The number of nitrogens with zero attached hydrogens (tertiary/aromatic N) is 1. The van der Waals surface area contributed by atoms with Crippen LogP contribution in [0.25, 0.3) is 0 Å². The lowest BCUT2D eigenvalue weighted by Crippen LogP contribution is -2.38. The Kier molecular flexibility index (Phi) is 3.91. The number of esters is 1. The zero-order valence-corrected chi connectivity index (χ0v) is 10.1. The summed E-state index contributed by atoms with van der Waals surface area (Å²) in [6, 6.07) is 12.7. The first-order valence-electron chi connectivity index (χ1n) is 5.71. The zero-order chi connectivity index (χ0) is 12.8. The molecular formula is C14H14NO3+. The summed E-state index contributed by atoms with van der Waals surface area (Å²) in [7, 11) is 0. The highest BCUT2D eigenvalue weighted by molar-refractivity contribution is 5.88. The molecule has 18 heavy (non-hydrogen) atoms. The first-order chi connectivity index (χ1) is 8.79. The predicted molar refractivity (Wildman–Crippen MR) is 65.1 cm³/mol. The monoisotopic (exact) mass is 244 g/mol. The van der Waals surface area contributed by atoms with Gasteiger partial charge in [0, 0.05) is 16.9 Å². The Hall–Kier alpha value is -2.36. The van der Waals surface area contributed by atoms with Crippen LogP contribution in [0.15, 0.2) is 54.9 Å². The van der Waals surface area contributed by atoms with Crippen molar-refractivity contribution in [1.82, 2.24) is 0 Å². The fourth-order valence-corrected chi connectivity index (χ4v) is 1.43. The van der Waals surface area contributed by atoms with Crippen LogP contribution in [0.4, 0.5) is 0 Å². The number of carbonyl (C=O) groups excluding carboxylic acids is 1. The highest BCUT2D eigenvalue weighted by Crippen LogP contribution is 2.06. The molecule has 1 aromatic carbocycles. The average Bonchev–Trinajstić information content (AvgIpc) is 2.41. The smallest absolute Gasteiger partial charge is 0.338 e. The van der Waals surface area contributed by atoms with Gasteiger partial charge < -0.3 is 4.74 Å². The Bertz CT molecular complexity index is 508. The summed E-state index contributed by atoms with van der Waals surface area (Å²) in [4.78, 5) is 17.0. The molecule has 4 heteroatoms. The van der Waals surface area contributed by atoms with E-state index in [1.807, 2.05) is 30.3 Å². The summed E-state index contributed by atoms with van der Waals surface area (Å²) in [5.41, 5.74) is 0.504. The van der Waals surface area contributed by atoms with Gasteiger partial charge in [0.05, 0.1) is 12.2 Å². The van der Waals surface area contributed by atoms with Crippen LogP contribution < -0.4 is 9.57 Å². The van der Waals surface area contributed by atoms with Crippen molar-refractivity contribution >= 4 is 5.97 Å². The van der Waals surface area contributed by atoms with E-state index < -0.39 is 0 Å². The number of hydrogen-bond acceptors (Lipinski definition) is 3. The van der Waals surface area contributed by atoms with Gasteiger partial charge >= 0.3 is 5.97 Å². The summed E-state index contributed by atoms with van der Waals surface area (Å²) in [6.07, 6.45) is 3.33. The summed E-state index contributed by atoms with van der Waals surface area (Å²) >= 11 is 0. The van der Waals surface area contributed by atoms with Crippen LogP contribution in [0.2, 0.25) is 0 Å². The third kappa shape index (κ3) is 3.07. The van der Waals surface area contributed by atoms with E-state index in [-0.39, 0.29) is 5.97 Å². The summed E-state index contributed by atoms with van der Waals surface area (Å²) < 4.78 is 6.42. The molecule has 0 saturated carbocycles. The molecule has 0 atom stereocenters. The van der Waals surface area contributed by atoms with E-state index in [2.05, 4.69) is 0 Å². The molecule has 0 amide bonds. The van der Waals surface area contributed by atoms with Crippen molar-refractivity contribution in [2.75, 3.05) is 6.61 Å². The largest absolute Gasteiger partial charge is 0.462 e. The van der Waals surface area contributed by atoms with Crippen molar-refractivity contribution in [3.05, 3.63) is 60.4 Å². The second-order valence-corrected chi connectivity index (χ2v) is 3.57. The highest BCUT2D eigenvalue weighted by atomic mass is 16.7. The lowest BCUT2D eigenvalue weighted by Gasteiger charge is -2.00. The Morgan fingerprint density at radius 2 is 1.78 bits per heavy atom. The van der Waals surface area contributed by atoms with E-state index in [1.54, 1.807) is 31.5 Å². The molecule has 0 aliphatic heterocycles. The number of rotatable bonds is 4. The van der Waals surface area contributed by atoms with Gasteiger partial charge in [-0.25, -0.2) is 9.63 Å². The fourth-order valence-electron chi connectivity index (χ4n) is 1.43. The molecule has 1 aromatic heterocycles. The first-order valence-corrected chi connectivity index (χ1v) is 5.71. The molecule has 92 valence electrons. The number of benzene rings is 1. The van der Waals surface area contributed by atoms with E-state index in [0.29, 0.717) is 12.2 Å². The third-order valence-corrected chi connectivity index (χ3v) is 2.27. The number of ether oxygens (including phenoxy) is 1. The zero-order valence-electron chi connectivity index (χ0n) is 10.1. The van der Waals surface area contributed by atoms with Crippen LogP contribution >= 0.6 is 0 Å². The van der Waals surface area contributed by atoms with Crippen LogP contribution in [0.1, 0.15) is 17.3 Å². The second kappa shape index (κ2) is 5.82. The number of carbonyl (C=O) groups is 1. The molecule has 0 spiro atoms. The van der Waals surface area contributed by atoms with E-state index in [9.17, 15) is 4.79 Å². The van der Waals surface area contributed by atoms with Gasteiger partial charge in [0.15, 0.2) is 0 Å². The molecule has 2 rings (SSSR count). The van der Waals surface area contributed by atoms with E-state index >= 15 is 0 Å². The molecule has 0 saturated heterocycles. The molecule has 0 aliphatic carbocycles. The van der Waals surface area contributed by atoms with Crippen molar-refractivity contribution in [1.29, 1.82) is 0 Å². The third-order valence-electron chi connectivity index (χ3n) is 2.27. The Balaban J connectivity index is 2.06. The van der Waals surface area contributed by atoms with E-state index in [4.69, 9.17) is 9.57 Å². The van der Waals surface area contributed by atoms with Crippen molar-refractivity contribution in [3.63, 3.8) is 0 Å². The highest BCUT2D eigenvalue weighted by Gasteiger charge is 2.10. The standard InChI is InChI=1S/C14H14NO3/c1-2-17-14(16)12-8-10-15(11-9-12)18-13-6-4-3-5-7-13/h3-11H,2H2,1H3/q+1. The Labute approximate surface area is 105 Å². The van der Waals surface area contributed by atoms with Crippen molar-refractivity contribution in [2.24, 2.45) is 0 Å². The quantitative estimate of drug-likeness (QED) is 0.610. The number of para-hydroxylation sites is 1. The summed E-state index contributed by atoms with van der Waals surface area (Å²) in [5.74, 6) is 0.399. The summed E-state index contributed by atoms with van der Waals surface area (Å²) in [5, 5.41) is 0. The minimum Gasteiger partial charge on any atom is -0.462 e. The van der Waals surface area contributed by atoms with E-state index in [0.717, 1.165) is 5.75 Å². The van der Waals surface area contributed by atoms with Gasteiger partial charge in [-0.15, -0.1) is 0 Å². The van der Waals surface area contributed by atoms with Gasteiger partial charge in [0.25, 0.3) is 0 Å². The molecule has 0 bridgehead atoms. The number of aromatic nitrogens is 1. The molecule has 0 N–H and O–H groups in total. The normalized spacial score (nSPS) is 9.83. The van der Waals surface area contributed by atoms with Gasteiger partial charge in [0.1, 0.15) is 0 Å². The molecular weight excluding hydrogens is 230 g/mol. The van der Waals surface area contributed by atoms with Gasteiger partial charge in [-0.05, 0) is 19.1 Å². The molecule has 0 radical (unpaired) electrons. The molecule has 0 unspecified atom stereocenters. The minimum atomic E-state index is -0.329. The van der Waals surface area contributed by atoms with Gasteiger partial charge in [-0.1, -0.05) is 18.2 Å². The van der Waals surface area contributed by atoms with Crippen LogP contribution in [0, 0.1) is 0 Å². The lowest BCUT2D eigenvalue weighted by atomic mass is 10.3. The lowest BCUT2D eigenvalue weighted by molar-refractivity contribution is -0.875. The van der Waals surface area contributed by atoms with Crippen LogP contribution in [-0.4, -0.2) is 12.6 Å². The average molecular weight is 244 g/mol. The molecule has 2 aromatic rings. The minimum absolute atomic E-state index is 0.329. The van der Waals surface area contributed by atoms with Crippen molar-refractivity contribution in [2.45, 2.75) is 6.92 Å². The van der Waals surface area contributed by atoms with Gasteiger partial charge in [-0.3, -0.25) is 0 Å². The molecule has 0 fully saturated rings. The van der Waals surface area contributed by atoms with Gasteiger partial charge in [-0.2, -0.15) is 0 Å². The number of hydrogen-bond donors (Lipinski definition) is 0. The predicted octanol–water partition coefficient (Wildman–Crippen LogP) is 1.99. The van der Waals surface area contributed by atoms with Crippen LogP contribution in [0.5, 0.6) is 5.75 Å². The van der Waals surface area contributed by atoms with Crippen molar-refractivity contribution < 1.29 is 19.1 Å². The molecule has 4 nitrogen and oxygen atoms in total.